The maximum absolute atomic E-state index is 12.2. The number of hydrogen-bond donors (Lipinski definition) is 2. The molecule has 7 nitrogen and oxygen atoms in total. The number of ether oxygens (including phenoxy) is 1. The molecule has 0 aliphatic carbocycles. The number of hydrogen-bond acceptors (Lipinski definition) is 7. The summed E-state index contributed by atoms with van der Waals surface area (Å²) >= 11 is 6.45. The molecule has 0 bridgehead atoms. The summed E-state index contributed by atoms with van der Waals surface area (Å²) in [4.78, 5) is 11.0. The van der Waals surface area contributed by atoms with Gasteiger partial charge in [0.1, 0.15) is 5.82 Å². The van der Waals surface area contributed by atoms with Gasteiger partial charge in [0.25, 0.3) is 0 Å². The summed E-state index contributed by atoms with van der Waals surface area (Å²) in [5.41, 5.74) is 7.37. The Morgan fingerprint density at radius 3 is 2.85 bits per heavy atom. The van der Waals surface area contributed by atoms with E-state index in [4.69, 9.17) is 26.9 Å². The fourth-order valence-corrected chi connectivity index (χ4v) is 3.97. The summed E-state index contributed by atoms with van der Waals surface area (Å²) in [5, 5.41) is 0.539. The first-order chi connectivity index (χ1) is 12.3. The second-order valence-corrected chi connectivity index (χ2v) is 8.96. The average Bonchev–Trinajstić information content (AvgIpc) is 2.79. The van der Waals surface area contributed by atoms with E-state index in [-0.39, 0.29) is 12.0 Å². The third-order valence-corrected chi connectivity index (χ3v) is 5.77. The molecular weight excluding hydrogens is 374 g/mol. The van der Waals surface area contributed by atoms with E-state index in [1.807, 2.05) is 13.0 Å². The van der Waals surface area contributed by atoms with Gasteiger partial charge in [-0.05, 0) is 37.1 Å². The highest BCUT2D eigenvalue weighted by Crippen LogP contribution is 2.34. The minimum Gasteiger partial charge on any atom is -0.379 e. The molecule has 9 heteroatoms. The number of nitrogens with two attached hydrogens (primary N) is 1. The Hall–Kier alpha value is -1.90. The van der Waals surface area contributed by atoms with Crippen molar-refractivity contribution in [3.8, 4) is 0 Å². The van der Waals surface area contributed by atoms with Crippen LogP contribution in [0.25, 0.3) is 0 Å². The topological polar surface area (TPSA) is 105 Å². The maximum Gasteiger partial charge on any atom is 0.222 e. The molecule has 1 aromatic heterocycles. The highest BCUT2D eigenvalue weighted by atomic mass is 35.5. The van der Waals surface area contributed by atoms with Gasteiger partial charge in [-0.1, -0.05) is 11.6 Å². The molecule has 26 heavy (non-hydrogen) atoms. The summed E-state index contributed by atoms with van der Waals surface area (Å²) < 4.78 is 25.8. The smallest absolute Gasteiger partial charge is 0.222 e. The van der Waals surface area contributed by atoms with Crippen molar-refractivity contribution in [1.29, 1.82) is 4.78 Å². The zero-order chi connectivity index (χ0) is 18.9. The molecule has 1 fully saturated rings. The Morgan fingerprint density at radius 2 is 2.15 bits per heavy atom. The number of anilines is 2. The molecule has 2 atom stereocenters. The highest BCUT2D eigenvalue weighted by Gasteiger charge is 2.27. The maximum atomic E-state index is 12.2. The number of nitrogens with one attached hydrogen (secondary N) is 1. The van der Waals surface area contributed by atoms with Crippen molar-refractivity contribution in [3.05, 3.63) is 40.5 Å². The summed E-state index contributed by atoms with van der Waals surface area (Å²) in [7, 11) is -2.85. The fraction of sp³-hybridized carbons (Fsp3) is 0.412. The highest BCUT2D eigenvalue weighted by molar-refractivity contribution is 7.91. The van der Waals surface area contributed by atoms with Gasteiger partial charge in [0.05, 0.1) is 22.4 Å². The first-order valence-electron chi connectivity index (χ1n) is 8.24. The number of nitrogen functional groups attached to an aromatic ring is 1. The summed E-state index contributed by atoms with van der Waals surface area (Å²) in [6.07, 6.45) is 2.23. The van der Waals surface area contributed by atoms with Crippen LogP contribution in [0, 0.1) is 11.7 Å². The molecule has 0 saturated carbocycles. The quantitative estimate of drug-likeness (QED) is 0.827. The van der Waals surface area contributed by atoms with Crippen molar-refractivity contribution in [1.82, 2.24) is 9.97 Å². The van der Waals surface area contributed by atoms with Gasteiger partial charge in [0, 0.05) is 41.1 Å². The van der Waals surface area contributed by atoms with E-state index in [1.54, 1.807) is 18.2 Å². The molecule has 1 unspecified atom stereocenters. The van der Waals surface area contributed by atoms with Crippen LogP contribution < -0.4 is 10.6 Å². The predicted molar refractivity (Wildman–Crippen MR) is 103 cm³/mol. The van der Waals surface area contributed by atoms with Crippen LogP contribution in [0.4, 0.5) is 11.8 Å². The molecule has 3 rings (SSSR count). The minimum absolute atomic E-state index is 0.214. The van der Waals surface area contributed by atoms with Crippen LogP contribution in [0.5, 0.6) is 0 Å². The lowest BCUT2D eigenvalue weighted by Gasteiger charge is -2.31. The van der Waals surface area contributed by atoms with Gasteiger partial charge in [-0.15, -0.1) is 0 Å². The zero-order valence-corrected chi connectivity index (χ0v) is 16.3. The van der Waals surface area contributed by atoms with E-state index in [0.717, 1.165) is 17.7 Å². The number of aromatic nitrogens is 2. The van der Waals surface area contributed by atoms with Crippen LogP contribution in [0.1, 0.15) is 23.7 Å². The van der Waals surface area contributed by atoms with Crippen LogP contribution in [-0.4, -0.2) is 40.2 Å². The molecule has 1 aromatic carbocycles. The largest absolute Gasteiger partial charge is 0.379 e. The third kappa shape index (κ3) is 4.08. The average molecular weight is 396 g/mol. The van der Waals surface area contributed by atoms with Crippen molar-refractivity contribution in [3.63, 3.8) is 0 Å². The van der Waals surface area contributed by atoms with Gasteiger partial charge in [0.2, 0.25) is 5.95 Å². The first kappa shape index (κ1) is 18.9. The van der Waals surface area contributed by atoms with Crippen molar-refractivity contribution >= 4 is 33.1 Å². The van der Waals surface area contributed by atoms with Gasteiger partial charge in [-0.3, -0.25) is 0 Å². The third-order valence-electron chi connectivity index (χ3n) is 4.27. The standard InChI is InChI=1S/C17H22ClN5O2S/c1-11-8-16(22-17(19)21-11)23-6-3-7-25-10-15(23)13-9-12(26(2,20)24)4-5-14(13)18/h4-5,8-9,15,20H,3,6-7,10H2,1-2H3,(H2,19,21,22)/t15-,26?/m0/s1. The molecule has 3 N–H and O–H groups in total. The van der Waals surface area contributed by atoms with E-state index in [9.17, 15) is 4.21 Å². The molecule has 0 radical (unpaired) electrons. The Balaban J connectivity index is 2.10. The minimum atomic E-state index is -2.85. The number of nitrogens with zero attached hydrogens (tertiary/aromatic N) is 3. The lowest BCUT2D eigenvalue weighted by atomic mass is 10.1. The fourth-order valence-electron chi connectivity index (χ4n) is 3.05. The normalized spacial score (nSPS) is 20.4. The molecule has 0 amide bonds. The Morgan fingerprint density at radius 1 is 1.38 bits per heavy atom. The van der Waals surface area contributed by atoms with Crippen LogP contribution in [0.3, 0.4) is 0 Å². The first-order valence-corrected chi connectivity index (χ1v) is 10.6. The lowest BCUT2D eigenvalue weighted by Crippen LogP contribution is -2.32. The van der Waals surface area contributed by atoms with E-state index in [2.05, 4.69) is 14.9 Å². The van der Waals surface area contributed by atoms with Crippen LogP contribution in [-0.2, 0) is 14.5 Å². The number of aryl methyl sites for hydroxylation is 1. The van der Waals surface area contributed by atoms with Crippen molar-refractivity contribution in [2.45, 2.75) is 24.3 Å². The van der Waals surface area contributed by atoms with Crippen molar-refractivity contribution < 1.29 is 8.95 Å². The Kier molecular flexibility index (Phi) is 5.36. The van der Waals surface area contributed by atoms with Crippen molar-refractivity contribution in [2.75, 3.05) is 36.6 Å². The zero-order valence-electron chi connectivity index (χ0n) is 14.7. The monoisotopic (exact) mass is 395 g/mol. The van der Waals surface area contributed by atoms with Crippen LogP contribution >= 0.6 is 11.6 Å². The Bertz CT molecular complexity index is 899. The van der Waals surface area contributed by atoms with Gasteiger partial charge in [-0.2, -0.15) is 4.98 Å². The Labute approximate surface area is 158 Å². The van der Waals surface area contributed by atoms with Crippen LogP contribution in [0.15, 0.2) is 29.2 Å². The number of benzene rings is 1. The van der Waals surface area contributed by atoms with Gasteiger partial charge in [0.15, 0.2) is 0 Å². The van der Waals surface area contributed by atoms with E-state index >= 15 is 0 Å². The van der Waals surface area contributed by atoms with Gasteiger partial charge in [-0.25, -0.2) is 14.0 Å². The molecule has 140 valence electrons. The summed E-state index contributed by atoms with van der Waals surface area (Å²) in [6, 6.07) is 6.71. The molecule has 0 spiro atoms. The lowest BCUT2D eigenvalue weighted by molar-refractivity contribution is 0.134. The molecule has 1 aliphatic rings. The molecular formula is C17H22ClN5O2S. The van der Waals surface area contributed by atoms with Gasteiger partial charge < -0.3 is 15.4 Å². The molecule has 1 saturated heterocycles. The summed E-state index contributed by atoms with van der Waals surface area (Å²) in [5.74, 6) is 0.918. The predicted octanol–water partition coefficient (Wildman–Crippen LogP) is 3.02. The SMILES string of the molecule is Cc1cc(N2CCCOC[C@H]2c2cc(S(C)(=N)=O)ccc2Cl)nc(N)n1. The molecule has 2 heterocycles. The van der Waals surface area contributed by atoms with E-state index in [1.165, 1.54) is 6.26 Å². The number of halogens is 1. The van der Waals surface area contributed by atoms with E-state index < -0.39 is 9.73 Å². The second-order valence-electron chi connectivity index (χ2n) is 6.39. The van der Waals surface area contributed by atoms with Gasteiger partial charge >= 0.3 is 0 Å². The van der Waals surface area contributed by atoms with Crippen LogP contribution in [0.2, 0.25) is 5.02 Å². The second kappa shape index (κ2) is 7.38. The van der Waals surface area contributed by atoms with E-state index in [0.29, 0.717) is 35.5 Å². The van der Waals surface area contributed by atoms with Crippen molar-refractivity contribution in [2.24, 2.45) is 0 Å². The number of rotatable bonds is 3. The summed E-state index contributed by atoms with van der Waals surface area (Å²) in [6.45, 7) is 3.62. The molecule has 2 aromatic rings. The molecule has 1 aliphatic heterocycles.